The van der Waals surface area contributed by atoms with Gasteiger partial charge in [-0.15, -0.1) is 0 Å². The Kier molecular flexibility index (Phi) is 4.73. The van der Waals surface area contributed by atoms with Crippen molar-refractivity contribution in [2.24, 2.45) is 5.10 Å². The van der Waals surface area contributed by atoms with Gasteiger partial charge in [-0.2, -0.15) is 5.10 Å². The second-order valence-corrected chi connectivity index (χ2v) is 5.40. The molecule has 0 bridgehead atoms. The van der Waals surface area contributed by atoms with Gasteiger partial charge in [0.1, 0.15) is 13.2 Å². The number of thiocarbonyl (C=S) groups is 1. The summed E-state index contributed by atoms with van der Waals surface area (Å²) in [5.74, 6) is 1.51. The molecular formula is C17H17N3O2S. The first-order valence-corrected chi connectivity index (χ1v) is 7.69. The Morgan fingerprint density at radius 1 is 1.04 bits per heavy atom. The molecule has 118 valence electrons. The van der Waals surface area contributed by atoms with Gasteiger partial charge >= 0.3 is 0 Å². The van der Waals surface area contributed by atoms with E-state index in [9.17, 15) is 0 Å². The Balaban J connectivity index is 1.64. The lowest BCUT2D eigenvalue weighted by molar-refractivity contribution is 0.171. The van der Waals surface area contributed by atoms with Crippen LogP contribution in [0.5, 0.6) is 11.5 Å². The van der Waals surface area contributed by atoms with Crippen LogP contribution in [0.25, 0.3) is 0 Å². The SMILES string of the molecule is C/C(=N/NC(=S)Nc1ccccc1)c1ccc2c(c1)OCCO2. The van der Waals surface area contributed by atoms with Crippen LogP contribution < -0.4 is 20.2 Å². The summed E-state index contributed by atoms with van der Waals surface area (Å²) in [6, 6.07) is 15.5. The Hall–Kier alpha value is -2.60. The van der Waals surface area contributed by atoms with Crippen LogP contribution in [-0.4, -0.2) is 24.0 Å². The van der Waals surface area contributed by atoms with Crippen LogP contribution in [0.3, 0.4) is 0 Å². The first kappa shape index (κ1) is 15.3. The maximum absolute atomic E-state index is 5.58. The summed E-state index contributed by atoms with van der Waals surface area (Å²) < 4.78 is 11.1. The Morgan fingerprint density at radius 2 is 1.78 bits per heavy atom. The van der Waals surface area contributed by atoms with E-state index in [-0.39, 0.29) is 0 Å². The summed E-state index contributed by atoms with van der Waals surface area (Å²) in [7, 11) is 0. The summed E-state index contributed by atoms with van der Waals surface area (Å²) in [4.78, 5) is 0. The number of nitrogens with zero attached hydrogens (tertiary/aromatic N) is 1. The van der Waals surface area contributed by atoms with Crippen molar-refractivity contribution in [2.45, 2.75) is 6.92 Å². The van der Waals surface area contributed by atoms with Gasteiger partial charge in [0.15, 0.2) is 16.6 Å². The van der Waals surface area contributed by atoms with Gasteiger partial charge in [0.2, 0.25) is 0 Å². The lowest BCUT2D eigenvalue weighted by Gasteiger charge is -2.18. The van der Waals surface area contributed by atoms with Gasteiger partial charge in [0, 0.05) is 11.3 Å². The zero-order chi connectivity index (χ0) is 16.1. The van der Waals surface area contributed by atoms with Crippen molar-refractivity contribution >= 4 is 28.7 Å². The van der Waals surface area contributed by atoms with Gasteiger partial charge in [-0.3, -0.25) is 5.43 Å². The van der Waals surface area contributed by atoms with Crippen molar-refractivity contribution in [3.63, 3.8) is 0 Å². The van der Waals surface area contributed by atoms with Crippen LogP contribution in [0.15, 0.2) is 53.6 Å². The average molecular weight is 327 g/mol. The summed E-state index contributed by atoms with van der Waals surface area (Å²) in [6.07, 6.45) is 0. The van der Waals surface area contributed by atoms with Gasteiger partial charge in [-0.05, 0) is 49.5 Å². The van der Waals surface area contributed by atoms with Gasteiger partial charge in [0.05, 0.1) is 5.71 Å². The molecule has 0 spiro atoms. The normalized spacial score (nSPS) is 13.3. The van der Waals surface area contributed by atoms with Gasteiger partial charge in [0.25, 0.3) is 0 Å². The second kappa shape index (κ2) is 7.11. The maximum atomic E-state index is 5.58. The highest BCUT2D eigenvalue weighted by molar-refractivity contribution is 7.80. The number of hydrazone groups is 1. The quantitative estimate of drug-likeness (QED) is 0.515. The number of para-hydroxylation sites is 1. The minimum absolute atomic E-state index is 0.438. The molecule has 2 aromatic carbocycles. The molecular weight excluding hydrogens is 310 g/mol. The van der Waals surface area contributed by atoms with Gasteiger partial charge in [-0.25, -0.2) is 0 Å². The topological polar surface area (TPSA) is 54.9 Å². The smallest absolute Gasteiger partial charge is 0.191 e. The molecule has 0 radical (unpaired) electrons. The van der Waals surface area contributed by atoms with E-state index < -0.39 is 0 Å². The molecule has 0 aliphatic carbocycles. The minimum atomic E-state index is 0.438. The summed E-state index contributed by atoms with van der Waals surface area (Å²) in [5, 5.41) is 7.81. The fourth-order valence-electron chi connectivity index (χ4n) is 2.15. The highest BCUT2D eigenvalue weighted by Gasteiger charge is 2.12. The van der Waals surface area contributed by atoms with Crippen molar-refractivity contribution in [3.05, 3.63) is 54.1 Å². The highest BCUT2D eigenvalue weighted by atomic mass is 32.1. The van der Waals surface area contributed by atoms with Crippen molar-refractivity contribution < 1.29 is 9.47 Å². The molecule has 23 heavy (non-hydrogen) atoms. The highest BCUT2D eigenvalue weighted by Crippen LogP contribution is 2.30. The molecule has 0 unspecified atom stereocenters. The first-order valence-electron chi connectivity index (χ1n) is 7.29. The predicted octanol–water partition coefficient (Wildman–Crippen LogP) is 3.17. The molecule has 0 amide bonds. The van der Waals surface area contributed by atoms with E-state index in [2.05, 4.69) is 15.8 Å². The molecule has 0 atom stereocenters. The molecule has 0 aromatic heterocycles. The zero-order valence-corrected chi connectivity index (χ0v) is 13.5. The lowest BCUT2D eigenvalue weighted by Crippen LogP contribution is -2.25. The average Bonchev–Trinajstić information content (AvgIpc) is 2.60. The van der Waals surface area contributed by atoms with Crippen LogP contribution in [0.1, 0.15) is 12.5 Å². The number of hydrogen-bond donors (Lipinski definition) is 2. The summed E-state index contributed by atoms with van der Waals surface area (Å²) in [5.41, 5.74) is 5.51. The molecule has 2 aromatic rings. The number of nitrogens with one attached hydrogen (secondary N) is 2. The number of ether oxygens (including phenoxy) is 2. The number of hydrogen-bond acceptors (Lipinski definition) is 4. The maximum Gasteiger partial charge on any atom is 0.191 e. The Labute approximate surface area is 140 Å². The fourth-order valence-corrected chi connectivity index (χ4v) is 2.31. The standard InChI is InChI=1S/C17H17N3O2S/c1-12(13-7-8-15-16(11-13)22-10-9-21-15)19-20-17(23)18-14-5-3-2-4-6-14/h2-8,11H,9-10H2,1H3,(H2,18,20,23)/b19-12-. The van der Waals surface area contributed by atoms with Crippen LogP contribution in [0.4, 0.5) is 5.69 Å². The van der Waals surface area contributed by atoms with E-state index in [0.29, 0.717) is 18.3 Å². The molecule has 0 saturated carbocycles. The number of anilines is 1. The van der Waals surface area contributed by atoms with E-state index in [1.54, 1.807) is 0 Å². The minimum Gasteiger partial charge on any atom is -0.486 e. The summed E-state index contributed by atoms with van der Waals surface area (Å²) >= 11 is 5.23. The molecule has 0 saturated heterocycles. The van der Waals surface area contributed by atoms with Gasteiger partial charge < -0.3 is 14.8 Å². The number of fused-ring (bicyclic) bond motifs is 1. The van der Waals surface area contributed by atoms with Crippen LogP contribution in [0, 0.1) is 0 Å². The molecule has 1 heterocycles. The van der Waals surface area contributed by atoms with Gasteiger partial charge in [-0.1, -0.05) is 18.2 Å². The van der Waals surface area contributed by atoms with Crippen molar-refractivity contribution in [1.82, 2.24) is 5.43 Å². The third kappa shape index (κ3) is 3.98. The molecule has 0 fully saturated rings. The predicted molar refractivity (Wildman–Crippen MR) is 95.4 cm³/mol. The second-order valence-electron chi connectivity index (χ2n) is 4.99. The first-order chi connectivity index (χ1) is 11.2. The van der Waals surface area contributed by atoms with E-state index >= 15 is 0 Å². The number of rotatable bonds is 3. The lowest BCUT2D eigenvalue weighted by atomic mass is 10.1. The number of benzene rings is 2. The fraction of sp³-hybridized carbons (Fsp3) is 0.176. The monoisotopic (exact) mass is 327 g/mol. The third-order valence-electron chi connectivity index (χ3n) is 3.32. The van der Waals surface area contributed by atoms with Crippen molar-refractivity contribution in [1.29, 1.82) is 0 Å². The van der Waals surface area contributed by atoms with Crippen molar-refractivity contribution in [2.75, 3.05) is 18.5 Å². The van der Waals surface area contributed by atoms with Crippen molar-refractivity contribution in [3.8, 4) is 11.5 Å². The molecule has 6 heteroatoms. The third-order valence-corrected chi connectivity index (χ3v) is 3.51. The molecule has 2 N–H and O–H groups in total. The molecule has 3 rings (SSSR count). The van der Waals surface area contributed by atoms with Crippen LogP contribution >= 0.6 is 12.2 Å². The zero-order valence-electron chi connectivity index (χ0n) is 12.7. The van der Waals surface area contributed by atoms with E-state index in [1.807, 2.05) is 55.5 Å². The van der Waals surface area contributed by atoms with E-state index in [0.717, 1.165) is 28.5 Å². The summed E-state index contributed by atoms with van der Waals surface area (Å²) in [6.45, 7) is 3.06. The van der Waals surface area contributed by atoms with E-state index in [1.165, 1.54) is 0 Å². The van der Waals surface area contributed by atoms with Crippen LogP contribution in [-0.2, 0) is 0 Å². The van der Waals surface area contributed by atoms with Crippen LogP contribution in [0.2, 0.25) is 0 Å². The molecule has 1 aliphatic rings. The van der Waals surface area contributed by atoms with E-state index in [4.69, 9.17) is 21.7 Å². The Morgan fingerprint density at radius 3 is 2.57 bits per heavy atom. The molecule has 1 aliphatic heterocycles. The molecule has 5 nitrogen and oxygen atoms in total. The largest absolute Gasteiger partial charge is 0.486 e. The Bertz CT molecular complexity index is 732.